The smallest absolute Gasteiger partial charge is 0.258 e. The van der Waals surface area contributed by atoms with Crippen molar-refractivity contribution in [1.82, 2.24) is 15.0 Å². The van der Waals surface area contributed by atoms with Gasteiger partial charge in [-0.15, -0.1) is 0 Å². The van der Waals surface area contributed by atoms with E-state index in [1.165, 1.54) is 0 Å². The van der Waals surface area contributed by atoms with Gasteiger partial charge >= 0.3 is 0 Å². The van der Waals surface area contributed by atoms with Crippen LogP contribution in [0.15, 0.2) is 77.9 Å². The molecule has 0 spiro atoms. The van der Waals surface area contributed by atoms with Gasteiger partial charge in [0.05, 0.1) is 10.9 Å². The molecule has 154 valence electrons. The standard InChI is InChI=1S/C23H19N5O3/c29-21(9-8-20-27-19-7-2-1-6-18(19)23(31)28-20)25-17-5-3-4-15(14-17)22(30)26-16-10-12-24-13-11-16/h1-7,10-14H,8-9H2,(H,25,29)(H,24,26,30)(H,27,28,31). The average Bonchev–Trinajstić information content (AvgIpc) is 2.79. The van der Waals surface area contributed by atoms with Crippen molar-refractivity contribution in [3.63, 3.8) is 0 Å². The van der Waals surface area contributed by atoms with Crippen molar-refractivity contribution in [1.29, 1.82) is 0 Å². The molecule has 0 saturated carbocycles. The summed E-state index contributed by atoms with van der Waals surface area (Å²) in [4.78, 5) is 47.9. The van der Waals surface area contributed by atoms with Gasteiger partial charge in [-0.25, -0.2) is 4.98 Å². The first-order valence-electron chi connectivity index (χ1n) is 9.68. The molecule has 0 aliphatic heterocycles. The first-order chi connectivity index (χ1) is 15.1. The van der Waals surface area contributed by atoms with Crippen LogP contribution < -0.4 is 16.2 Å². The lowest BCUT2D eigenvalue weighted by Crippen LogP contribution is -2.17. The molecule has 8 heteroatoms. The van der Waals surface area contributed by atoms with Crippen molar-refractivity contribution >= 4 is 34.1 Å². The number of amides is 2. The maximum atomic E-state index is 12.4. The van der Waals surface area contributed by atoms with Gasteiger partial charge in [0.15, 0.2) is 0 Å². The number of hydrogen-bond donors (Lipinski definition) is 3. The van der Waals surface area contributed by atoms with E-state index < -0.39 is 0 Å². The van der Waals surface area contributed by atoms with E-state index in [0.717, 1.165) is 0 Å². The number of pyridine rings is 1. The molecule has 0 fully saturated rings. The monoisotopic (exact) mass is 413 g/mol. The third-order valence-electron chi connectivity index (χ3n) is 4.60. The van der Waals surface area contributed by atoms with Crippen LogP contribution in [0, 0.1) is 0 Å². The normalized spacial score (nSPS) is 10.6. The minimum atomic E-state index is -0.291. The Kier molecular flexibility index (Phi) is 5.79. The van der Waals surface area contributed by atoms with E-state index in [2.05, 4.69) is 25.6 Å². The van der Waals surface area contributed by atoms with Crippen LogP contribution in [0.3, 0.4) is 0 Å². The first-order valence-corrected chi connectivity index (χ1v) is 9.68. The number of carbonyl (C=O) groups is 2. The van der Waals surface area contributed by atoms with Gasteiger partial charge in [-0.3, -0.25) is 19.4 Å². The lowest BCUT2D eigenvalue weighted by Gasteiger charge is -2.08. The zero-order valence-electron chi connectivity index (χ0n) is 16.5. The summed E-state index contributed by atoms with van der Waals surface area (Å²) in [5, 5.41) is 6.06. The van der Waals surface area contributed by atoms with Crippen molar-refractivity contribution in [2.45, 2.75) is 12.8 Å². The van der Waals surface area contributed by atoms with Crippen LogP contribution in [0.5, 0.6) is 0 Å². The summed E-state index contributed by atoms with van der Waals surface area (Å²) in [6.45, 7) is 0. The van der Waals surface area contributed by atoms with E-state index in [1.54, 1.807) is 67.0 Å². The largest absolute Gasteiger partial charge is 0.326 e. The topological polar surface area (TPSA) is 117 Å². The summed E-state index contributed by atoms with van der Waals surface area (Å²) in [6, 6.07) is 17.1. The van der Waals surface area contributed by atoms with Gasteiger partial charge in [0.25, 0.3) is 11.5 Å². The highest BCUT2D eigenvalue weighted by Gasteiger charge is 2.10. The molecule has 4 rings (SSSR count). The van der Waals surface area contributed by atoms with Crippen molar-refractivity contribution in [2.24, 2.45) is 0 Å². The number of anilines is 2. The third kappa shape index (κ3) is 4.99. The maximum absolute atomic E-state index is 12.4. The van der Waals surface area contributed by atoms with Crippen LogP contribution in [-0.2, 0) is 11.2 Å². The Labute approximate surface area is 177 Å². The maximum Gasteiger partial charge on any atom is 0.258 e. The Hall–Kier alpha value is -4.33. The molecule has 0 saturated heterocycles. The fourth-order valence-electron chi connectivity index (χ4n) is 3.09. The van der Waals surface area contributed by atoms with Crippen LogP contribution in [0.25, 0.3) is 10.9 Å². The number of hydrogen-bond acceptors (Lipinski definition) is 5. The molecular formula is C23H19N5O3. The number of aryl methyl sites for hydroxylation is 1. The minimum Gasteiger partial charge on any atom is -0.326 e. The summed E-state index contributed by atoms with van der Waals surface area (Å²) in [6.07, 6.45) is 3.59. The molecule has 2 heterocycles. The second-order valence-corrected chi connectivity index (χ2v) is 6.85. The number of benzene rings is 2. The molecule has 4 aromatic rings. The molecule has 2 aromatic carbocycles. The van der Waals surface area contributed by atoms with E-state index in [9.17, 15) is 14.4 Å². The van der Waals surface area contributed by atoms with Crippen LogP contribution in [0.2, 0.25) is 0 Å². The highest BCUT2D eigenvalue weighted by Crippen LogP contribution is 2.14. The highest BCUT2D eigenvalue weighted by atomic mass is 16.2. The van der Waals surface area contributed by atoms with E-state index in [-0.39, 0.29) is 30.2 Å². The summed E-state index contributed by atoms with van der Waals surface area (Å²) in [5.41, 5.74) is 1.91. The van der Waals surface area contributed by atoms with Crippen molar-refractivity contribution in [3.8, 4) is 0 Å². The van der Waals surface area contributed by atoms with Crippen LogP contribution in [0.1, 0.15) is 22.6 Å². The molecule has 31 heavy (non-hydrogen) atoms. The fraction of sp³-hybridized carbons (Fsp3) is 0.0870. The van der Waals surface area contributed by atoms with E-state index in [1.807, 2.05) is 6.07 Å². The first kappa shape index (κ1) is 20.0. The Balaban J connectivity index is 1.38. The fourth-order valence-corrected chi connectivity index (χ4v) is 3.09. The average molecular weight is 413 g/mol. The second kappa shape index (κ2) is 9.00. The predicted octanol–water partition coefficient (Wildman–Crippen LogP) is 3.14. The summed E-state index contributed by atoms with van der Waals surface area (Å²) >= 11 is 0. The Bertz CT molecular complexity index is 1300. The van der Waals surface area contributed by atoms with E-state index in [0.29, 0.717) is 33.7 Å². The van der Waals surface area contributed by atoms with Gasteiger partial charge in [0.1, 0.15) is 5.82 Å². The molecule has 2 amide bonds. The van der Waals surface area contributed by atoms with Crippen molar-refractivity contribution in [2.75, 3.05) is 10.6 Å². The number of nitrogens with zero attached hydrogens (tertiary/aromatic N) is 2. The number of carbonyl (C=O) groups excluding carboxylic acids is 2. The van der Waals surface area contributed by atoms with E-state index in [4.69, 9.17) is 0 Å². The van der Waals surface area contributed by atoms with Gasteiger partial charge in [-0.2, -0.15) is 0 Å². The van der Waals surface area contributed by atoms with Gasteiger partial charge in [0, 0.05) is 42.2 Å². The Morgan fingerprint density at radius 3 is 2.55 bits per heavy atom. The lowest BCUT2D eigenvalue weighted by molar-refractivity contribution is -0.116. The molecule has 3 N–H and O–H groups in total. The van der Waals surface area contributed by atoms with E-state index >= 15 is 0 Å². The predicted molar refractivity (Wildman–Crippen MR) is 118 cm³/mol. The van der Waals surface area contributed by atoms with Crippen LogP contribution in [0.4, 0.5) is 11.4 Å². The van der Waals surface area contributed by atoms with Gasteiger partial charge < -0.3 is 15.6 Å². The molecule has 0 bridgehead atoms. The van der Waals surface area contributed by atoms with Crippen molar-refractivity contribution < 1.29 is 9.59 Å². The summed E-state index contributed by atoms with van der Waals surface area (Å²) in [5.74, 6) is -0.0907. The lowest BCUT2D eigenvalue weighted by atomic mass is 10.1. The molecule has 0 radical (unpaired) electrons. The van der Waals surface area contributed by atoms with Gasteiger partial charge in [-0.1, -0.05) is 18.2 Å². The number of fused-ring (bicyclic) bond motifs is 1. The highest BCUT2D eigenvalue weighted by molar-refractivity contribution is 6.05. The molecule has 0 atom stereocenters. The minimum absolute atomic E-state index is 0.134. The van der Waals surface area contributed by atoms with Gasteiger partial charge in [0.2, 0.25) is 5.91 Å². The molecule has 0 aliphatic rings. The third-order valence-corrected chi connectivity index (χ3v) is 4.60. The number of rotatable bonds is 6. The van der Waals surface area contributed by atoms with Crippen LogP contribution >= 0.6 is 0 Å². The molecule has 0 unspecified atom stereocenters. The van der Waals surface area contributed by atoms with Gasteiger partial charge in [-0.05, 0) is 42.5 Å². The number of nitrogens with one attached hydrogen (secondary N) is 3. The molecular weight excluding hydrogens is 394 g/mol. The molecule has 0 aliphatic carbocycles. The zero-order valence-corrected chi connectivity index (χ0v) is 16.5. The Morgan fingerprint density at radius 2 is 1.71 bits per heavy atom. The zero-order chi connectivity index (χ0) is 21.6. The molecule has 2 aromatic heterocycles. The number of para-hydroxylation sites is 1. The summed E-state index contributed by atoms with van der Waals surface area (Å²) in [7, 11) is 0. The van der Waals surface area contributed by atoms with Crippen LogP contribution in [-0.4, -0.2) is 26.8 Å². The Morgan fingerprint density at radius 1 is 0.903 bits per heavy atom. The number of aromatic nitrogens is 3. The number of aromatic amines is 1. The molecule has 8 nitrogen and oxygen atoms in total. The quantitative estimate of drug-likeness (QED) is 0.449. The number of H-pyrrole nitrogens is 1. The van der Waals surface area contributed by atoms with Crippen molar-refractivity contribution in [3.05, 3.63) is 94.8 Å². The summed E-state index contributed by atoms with van der Waals surface area (Å²) < 4.78 is 0. The second-order valence-electron chi connectivity index (χ2n) is 6.85. The SMILES string of the molecule is O=C(CCc1nc2ccccc2c(=O)[nH]1)Nc1cccc(C(=O)Nc2ccncc2)c1.